The molecule has 14 heteroatoms. The van der Waals surface area contributed by atoms with E-state index in [1.807, 2.05) is 0 Å². The molecule has 32 heavy (non-hydrogen) atoms. The Morgan fingerprint density at radius 3 is 2.31 bits per heavy atom. The predicted octanol–water partition coefficient (Wildman–Crippen LogP) is 2.85. The van der Waals surface area contributed by atoms with Gasteiger partial charge in [-0.05, 0) is 42.8 Å². The van der Waals surface area contributed by atoms with Crippen molar-refractivity contribution < 1.29 is 41.0 Å². The summed E-state index contributed by atoms with van der Waals surface area (Å²) in [5.41, 5.74) is 5.87. The highest BCUT2D eigenvalue weighted by Crippen LogP contribution is 2.32. The molecule has 8 nitrogen and oxygen atoms in total. The van der Waals surface area contributed by atoms with E-state index in [-0.39, 0.29) is 29.4 Å². The van der Waals surface area contributed by atoms with Crippen molar-refractivity contribution in [1.82, 2.24) is 15.5 Å². The minimum Gasteiger partial charge on any atom is -0.475 e. The van der Waals surface area contributed by atoms with E-state index in [0.717, 1.165) is 37.3 Å². The second kappa shape index (κ2) is 9.99. The van der Waals surface area contributed by atoms with Gasteiger partial charge in [0.1, 0.15) is 0 Å². The zero-order valence-electron chi connectivity index (χ0n) is 16.3. The van der Waals surface area contributed by atoms with Crippen LogP contribution in [0.15, 0.2) is 24.3 Å². The minimum atomic E-state index is -5.08. The molecule has 2 aromatic rings. The number of carbonyl (C=O) groups is 2. The van der Waals surface area contributed by atoms with E-state index >= 15 is 0 Å². The summed E-state index contributed by atoms with van der Waals surface area (Å²) in [7, 11) is 0. The fourth-order valence-electron chi connectivity index (χ4n) is 2.82. The zero-order valence-corrected chi connectivity index (χ0v) is 16.3. The summed E-state index contributed by atoms with van der Waals surface area (Å²) in [6.45, 7) is 1.64. The maximum atomic E-state index is 12.9. The lowest BCUT2D eigenvalue weighted by Crippen LogP contribution is -2.21. The van der Waals surface area contributed by atoms with Crippen molar-refractivity contribution >= 4 is 17.6 Å². The normalized spacial score (nSPS) is 16.3. The molecule has 1 aromatic carbocycles. The number of alkyl halides is 6. The Hall–Kier alpha value is -3.13. The number of aliphatic carboxylic acids is 1. The van der Waals surface area contributed by atoms with Crippen LogP contribution in [-0.4, -0.2) is 46.4 Å². The molecule has 1 aliphatic heterocycles. The molecule has 0 saturated carbocycles. The van der Waals surface area contributed by atoms with Crippen molar-refractivity contribution in [2.45, 2.75) is 31.2 Å². The number of hydrogen-bond donors (Lipinski definition) is 5. The van der Waals surface area contributed by atoms with Crippen molar-refractivity contribution in [3.63, 3.8) is 0 Å². The number of carboxylic acids is 1. The Labute approximate surface area is 177 Å². The van der Waals surface area contributed by atoms with Gasteiger partial charge < -0.3 is 21.5 Å². The van der Waals surface area contributed by atoms with Crippen LogP contribution in [0.25, 0.3) is 0 Å². The monoisotopic (exact) mass is 467 g/mol. The summed E-state index contributed by atoms with van der Waals surface area (Å²) in [6, 6.07) is 4.90. The third-order valence-electron chi connectivity index (χ3n) is 4.39. The zero-order chi connectivity index (χ0) is 24.1. The van der Waals surface area contributed by atoms with Gasteiger partial charge in [0.2, 0.25) is 0 Å². The number of benzene rings is 1. The van der Waals surface area contributed by atoms with E-state index in [1.54, 1.807) is 6.07 Å². The Morgan fingerprint density at radius 2 is 1.81 bits per heavy atom. The van der Waals surface area contributed by atoms with Gasteiger partial charge in [0.05, 0.1) is 5.56 Å². The molecule has 176 valence electrons. The molecule has 1 atom stereocenters. The maximum Gasteiger partial charge on any atom is 0.490 e. The Morgan fingerprint density at radius 1 is 1.16 bits per heavy atom. The number of rotatable bonds is 4. The molecule has 1 amide bonds. The molecule has 0 spiro atoms. The van der Waals surface area contributed by atoms with E-state index < -0.39 is 29.8 Å². The number of carbonyl (C=O) groups excluding carboxylic acids is 1. The van der Waals surface area contributed by atoms with Gasteiger partial charge >= 0.3 is 18.3 Å². The van der Waals surface area contributed by atoms with Crippen LogP contribution in [0.1, 0.15) is 39.6 Å². The molecule has 6 N–H and O–H groups in total. The highest BCUT2D eigenvalue weighted by Gasteiger charge is 2.38. The molecule has 3 rings (SSSR count). The van der Waals surface area contributed by atoms with Crippen LogP contribution >= 0.6 is 0 Å². The maximum absolute atomic E-state index is 12.9. The number of H-pyrrole nitrogens is 1. The lowest BCUT2D eigenvalue weighted by Gasteiger charge is -2.12. The number of nitrogens with two attached hydrogens (primary N) is 1. The van der Waals surface area contributed by atoms with Crippen LogP contribution in [0.2, 0.25) is 0 Å². The van der Waals surface area contributed by atoms with Gasteiger partial charge in [0, 0.05) is 30.4 Å². The molecular formula is C18H19F6N5O3. The van der Waals surface area contributed by atoms with E-state index in [4.69, 9.17) is 15.6 Å². The SMILES string of the molecule is NCc1cc(NC(=O)c2cc(C3CCNC3)[nH]n2)cc(C(F)(F)F)c1.O=C(O)C(F)(F)F. The van der Waals surface area contributed by atoms with Gasteiger partial charge in [-0.2, -0.15) is 31.4 Å². The highest BCUT2D eigenvalue weighted by molar-refractivity contribution is 6.03. The van der Waals surface area contributed by atoms with E-state index in [9.17, 15) is 31.1 Å². The number of nitrogens with one attached hydrogen (secondary N) is 3. The second-order valence-corrected chi connectivity index (χ2v) is 6.78. The number of amides is 1. The smallest absolute Gasteiger partial charge is 0.475 e. The van der Waals surface area contributed by atoms with Gasteiger partial charge in [-0.3, -0.25) is 9.89 Å². The van der Waals surface area contributed by atoms with Crippen molar-refractivity contribution in [2.24, 2.45) is 5.73 Å². The Bertz CT molecular complexity index is 951. The summed E-state index contributed by atoms with van der Waals surface area (Å²) in [4.78, 5) is 21.2. The summed E-state index contributed by atoms with van der Waals surface area (Å²) in [5.74, 6) is -3.07. The van der Waals surface area contributed by atoms with Crippen molar-refractivity contribution in [3.8, 4) is 0 Å². The molecular weight excluding hydrogens is 448 g/mol. The second-order valence-electron chi connectivity index (χ2n) is 6.78. The van der Waals surface area contributed by atoms with Gasteiger partial charge in [0.25, 0.3) is 5.91 Å². The number of nitrogens with zero attached hydrogens (tertiary/aromatic N) is 1. The number of anilines is 1. The van der Waals surface area contributed by atoms with Crippen molar-refractivity contribution in [3.05, 3.63) is 46.8 Å². The topological polar surface area (TPSA) is 133 Å². The number of aromatic amines is 1. The first-order valence-corrected chi connectivity index (χ1v) is 9.10. The van der Waals surface area contributed by atoms with Crippen LogP contribution < -0.4 is 16.4 Å². The number of halogens is 6. The van der Waals surface area contributed by atoms with Crippen LogP contribution in [0.3, 0.4) is 0 Å². The van der Waals surface area contributed by atoms with Crippen LogP contribution in [0, 0.1) is 0 Å². The van der Waals surface area contributed by atoms with E-state index in [1.165, 1.54) is 6.07 Å². The summed E-state index contributed by atoms with van der Waals surface area (Å²) >= 11 is 0. The van der Waals surface area contributed by atoms with Gasteiger partial charge in [-0.1, -0.05) is 0 Å². The first-order valence-electron chi connectivity index (χ1n) is 9.10. The molecule has 1 fully saturated rings. The van der Waals surface area contributed by atoms with Crippen LogP contribution in [0.5, 0.6) is 0 Å². The summed E-state index contributed by atoms with van der Waals surface area (Å²) in [5, 5.41) is 19.6. The lowest BCUT2D eigenvalue weighted by molar-refractivity contribution is -0.192. The van der Waals surface area contributed by atoms with Gasteiger partial charge in [-0.15, -0.1) is 0 Å². The fourth-order valence-corrected chi connectivity index (χ4v) is 2.82. The first kappa shape index (κ1) is 25.1. The molecule has 1 unspecified atom stereocenters. The van der Waals surface area contributed by atoms with Crippen LogP contribution in [0.4, 0.5) is 32.0 Å². The van der Waals surface area contributed by atoms with Gasteiger partial charge in [-0.25, -0.2) is 4.79 Å². The quantitative estimate of drug-likeness (QED) is 0.439. The first-order chi connectivity index (χ1) is 14.8. The minimum absolute atomic E-state index is 0.0346. The third kappa shape index (κ3) is 6.95. The Kier molecular flexibility index (Phi) is 7.85. The molecule has 2 heterocycles. The summed E-state index contributed by atoms with van der Waals surface area (Å²) < 4.78 is 70.6. The van der Waals surface area contributed by atoms with Crippen molar-refractivity contribution in [1.29, 1.82) is 0 Å². The largest absolute Gasteiger partial charge is 0.490 e. The molecule has 0 radical (unpaired) electrons. The number of carboxylic acid groups (broad SMARTS) is 1. The van der Waals surface area contributed by atoms with Crippen LogP contribution in [-0.2, 0) is 17.5 Å². The molecule has 1 saturated heterocycles. The third-order valence-corrected chi connectivity index (χ3v) is 4.39. The number of hydrogen-bond acceptors (Lipinski definition) is 5. The van der Waals surface area contributed by atoms with E-state index in [2.05, 4.69) is 20.8 Å². The molecule has 0 bridgehead atoms. The average molecular weight is 467 g/mol. The van der Waals surface area contributed by atoms with E-state index in [0.29, 0.717) is 0 Å². The average Bonchev–Trinajstić information content (AvgIpc) is 3.38. The molecule has 0 aliphatic carbocycles. The summed E-state index contributed by atoms with van der Waals surface area (Å²) in [6.07, 6.45) is -8.66. The molecule has 1 aromatic heterocycles. The lowest BCUT2D eigenvalue weighted by atomic mass is 10.0. The standard InChI is InChI=1S/C16H18F3N5O.C2HF3O2/c17-16(18,19)11-3-9(7-20)4-12(5-11)22-15(25)14-6-13(23-24-14)10-1-2-21-8-10;3-2(4,5)1(6)7/h3-6,10,21H,1-2,7-8,20H2,(H,22,25)(H,23,24);(H,6,7). The van der Waals surface area contributed by atoms with Gasteiger partial charge in [0.15, 0.2) is 5.69 Å². The highest BCUT2D eigenvalue weighted by atomic mass is 19.4. The Balaban J connectivity index is 0.000000451. The number of aromatic nitrogens is 2. The van der Waals surface area contributed by atoms with Crippen molar-refractivity contribution in [2.75, 3.05) is 18.4 Å². The fraction of sp³-hybridized carbons (Fsp3) is 0.389. The molecule has 1 aliphatic rings. The predicted molar refractivity (Wildman–Crippen MR) is 99.8 cm³/mol.